The van der Waals surface area contributed by atoms with E-state index in [9.17, 15) is 14.9 Å². The first-order valence-corrected chi connectivity index (χ1v) is 5.80. The summed E-state index contributed by atoms with van der Waals surface area (Å²) in [6, 6.07) is 10.5. The highest BCUT2D eigenvalue weighted by molar-refractivity contribution is 5.99. The molecule has 1 aromatic heterocycles. The number of nitrogens with zero attached hydrogens (tertiary/aromatic N) is 2. The predicted octanol–water partition coefficient (Wildman–Crippen LogP) is 1.50. The van der Waals surface area contributed by atoms with Crippen molar-refractivity contribution in [3.05, 3.63) is 63.8 Å². The van der Waals surface area contributed by atoms with Crippen molar-refractivity contribution in [1.29, 1.82) is 0 Å². The van der Waals surface area contributed by atoms with Crippen molar-refractivity contribution in [3.63, 3.8) is 0 Å². The van der Waals surface area contributed by atoms with E-state index >= 15 is 0 Å². The molecular formula is C13H12N4O3. The van der Waals surface area contributed by atoms with Crippen LogP contribution < -0.4 is 11.1 Å². The van der Waals surface area contributed by atoms with Crippen LogP contribution in [0.5, 0.6) is 0 Å². The maximum absolute atomic E-state index is 12.0. The second kappa shape index (κ2) is 5.79. The Bertz CT molecular complexity index is 643. The third-order valence-corrected chi connectivity index (χ3v) is 2.68. The Labute approximate surface area is 114 Å². The maximum atomic E-state index is 12.0. The van der Waals surface area contributed by atoms with Gasteiger partial charge in [0, 0.05) is 12.7 Å². The van der Waals surface area contributed by atoms with Gasteiger partial charge in [-0.15, -0.1) is 0 Å². The predicted molar refractivity (Wildman–Crippen MR) is 72.9 cm³/mol. The number of nitrogens with one attached hydrogen (secondary N) is 1. The van der Waals surface area contributed by atoms with E-state index in [0.29, 0.717) is 0 Å². The molecule has 102 valence electrons. The van der Waals surface area contributed by atoms with E-state index in [1.54, 1.807) is 0 Å². The molecule has 1 amide bonds. The monoisotopic (exact) mass is 272 g/mol. The second-order valence-electron chi connectivity index (χ2n) is 4.02. The smallest absolute Gasteiger partial charge is 0.323 e. The van der Waals surface area contributed by atoms with Gasteiger partial charge in [-0.2, -0.15) is 0 Å². The lowest BCUT2D eigenvalue weighted by Crippen LogP contribution is -2.24. The second-order valence-corrected chi connectivity index (χ2v) is 4.02. The molecule has 0 radical (unpaired) electrons. The molecule has 0 saturated carbocycles. The molecule has 20 heavy (non-hydrogen) atoms. The fourth-order valence-corrected chi connectivity index (χ4v) is 1.72. The third-order valence-electron chi connectivity index (χ3n) is 2.68. The van der Waals surface area contributed by atoms with Gasteiger partial charge in [0.1, 0.15) is 5.56 Å². The van der Waals surface area contributed by atoms with Crippen molar-refractivity contribution in [2.45, 2.75) is 6.54 Å². The van der Waals surface area contributed by atoms with E-state index in [2.05, 4.69) is 10.3 Å². The number of hydrogen-bond donors (Lipinski definition) is 2. The average molecular weight is 272 g/mol. The highest BCUT2D eigenvalue weighted by Gasteiger charge is 2.23. The van der Waals surface area contributed by atoms with Gasteiger partial charge in [0.15, 0.2) is 0 Å². The van der Waals surface area contributed by atoms with Gasteiger partial charge in [-0.05, 0) is 11.6 Å². The number of pyridine rings is 1. The van der Waals surface area contributed by atoms with Gasteiger partial charge in [0.05, 0.1) is 4.92 Å². The standard InChI is InChI=1S/C13H12N4O3/c14-12-11(17(19)20)10(6-7-15-12)13(18)16-8-9-4-2-1-3-5-9/h1-7H,8H2,(H2,14,15)(H,16,18). The van der Waals surface area contributed by atoms with Crippen molar-refractivity contribution >= 4 is 17.4 Å². The lowest BCUT2D eigenvalue weighted by atomic mass is 10.2. The molecule has 1 aromatic carbocycles. The van der Waals surface area contributed by atoms with Gasteiger partial charge < -0.3 is 11.1 Å². The van der Waals surface area contributed by atoms with Gasteiger partial charge in [-0.1, -0.05) is 30.3 Å². The lowest BCUT2D eigenvalue weighted by molar-refractivity contribution is -0.384. The molecule has 0 saturated heterocycles. The number of nitrogens with two attached hydrogens (primary N) is 1. The largest absolute Gasteiger partial charge is 0.378 e. The molecule has 0 spiro atoms. The van der Waals surface area contributed by atoms with Crippen LogP contribution in [0, 0.1) is 10.1 Å². The topological polar surface area (TPSA) is 111 Å². The zero-order valence-corrected chi connectivity index (χ0v) is 10.4. The molecular weight excluding hydrogens is 260 g/mol. The number of hydrogen-bond acceptors (Lipinski definition) is 5. The minimum absolute atomic E-state index is 0.0987. The zero-order valence-electron chi connectivity index (χ0n) is 10.4. The molecule has 0 atom stereocenters. The normalized spacial score (nSPS) is 10.0. The summed E-state index contributed by atoms with van der Waals surface area (Å²) in [5.41, 5.74) is 5.76. The summed E-state index contributed by atoms with van der Waals surface area (Å²) in [6.45, 7) is 0.277. The fraction of sp³-hybridized carbons (Fsp3) is 0.0769. The van der Waals surface area contributed by atoms with Gasteiger partial charge in [0.25, 0.3) is 5.91 Å². The summed E-state index contributed by atoms with van der Waals surface area (Å²) in [7, 11) is 0. The minimum atomic E-state index is -0.709. The summed E-state index contributed by atoms with van der Waals surface area (Å²) in [6.07, 6.45) is 1.26. The van der Waals surface area contributed by atoms with Crippen molar-refractivity contribution in [2.24, 2.45) is 0 Å². The van der Waals surface area contributed by atoms with E-state index < -0.39 is 16.5 Å². The number of nitro groups is 1. The first-order chi connectivity index (χ1) is 9.59. The lowest BCUT2D eigenvalue weighted by Gasteiger charge is -2.06. The van der Waals surface area contributed by atoms with Gasteiger partial charge in [-0.3, -0.25) is 14.9 Å². The van der Waals surface area contributed by atoms with Crippen molar-refractivity contribution in [2.75, 3.05) is 5.73 Å². The number of carbonyl (C=O) groups excluding carboxylic acids is 1. The van der Waals surface area contributed by atoms with E-state index in [1.807, 2.05) is 30.3 Å². The van der Waals surface area contributed by atoms with E-state index in [4.69, 9.17) is 5.73 Å². The van der Waals surface area contributed by atoms with Crippen molar-refractivity contribution in [3.8, 4) is 0 Å². The summed E-state index contributed by atoms with van der Waals surface area (Å²) < 4.78 is 0. The minimum Gasteiger partial charge on any atom is -0.378 e. The highest BCUT2D eigenvalue weighted by atomic mass is 16.6. The Balaban J connectivity index is 2.18. The molecule has 2 rings (SSSR count). The summed E-state index contributed by atoms with van der Waals surface area (Å²) >= 11 is 0. The molecule has 7 nitrogen and oxygen atoms in total. The van der Waals surface area contributed by atoms with E-state index in [-0.39, 0.29) is 17.9 Å². The number of nitrogen functional groups attached to an aromatic ring is 1. The average Bonchev–Trinajstić information content (AvgIpc) is 2.45. The van der Waals surface area contributed by atoms with Crippen LogP contribution in [0.2, 0.25) is 0 Å². The molecule has 0 aliphatic rings. The first-order valence-electron chi connectivity index (χ1n) is 5.80. The Kier molecular flexibility index (Phi) is 3.90. The Morgan fingerprint density at radius 2 is 2.00 bits per heavy atom. The van der Waals surface area contributed by atoms with Crippen LogP contribution in [0.15, 0.2) is 42.6 Å². The Morgan fingerprint density at radius 3 is 2.65 bits per heavy atom. The van der Waals surface area contributed by atoms with Crippen molar-refractivity contribution in [1.82, 2.24) is 10.3 Å². The maximum Gasteiger partial charge on any atom is 0.323 e. The Morgan fingerprint density at radius 1 is 1.30 bits per heavy atom. The molecule has 1 heterocycles. The molecule has 3 N–H and O–H groups in total. The van der Waals surface area contributed by atoms with Crippen LogP contribution in [0.1, 0.15) is 15.9 Å². The van der Waals surface area contributed by atoms with E-state index in [1.165, 1.54) is 12.3 Å². The van der Waals surface area contributed by atoms with Gasteiger partial charge in [-0.25, -0.2) is 4.98 Å². The summed E-state index contributed by atoms with van der Waals surface area (Å²) in [5, 5.41) is 13.5. The zero-order chi connectivity index (χ0) is 14.5. The van der Waals surface area contributed by atoms with Crippen LogP contribution in [-0.2, 0) is 6.54 Å². The highest BCUT2D eigenvalue weighted by Crippen LogP contribution is 2.23. The van der Waals surface area contributed by atoms with Crippen molar-refractivity contribution < 1.29 is 9.72 Å². The number of rotatable bonds is 4. The molecule has 0 unspecified atom stereocenters. The first kappa shape index (κ1) is 13.5. The number of anilines is 1. The van der Waals surface area contributed by atoms with Gasteiger partial charge >= 0.3 is 5.69 Å². The molecule has 0 bridgehead atoms. The number of aromatic nitrogens is 1. The van der Waals surface area contributed by atoms with Crippen LogP contribution >= 0.6 is 0 Å². The molecule has 7 heteroatoms. The Hall–Kier alpha value is -2.96. The summed E-state index contributed by atoms with van der Waals surface area (Å²) in [4.78, 5) is 25.8. The summed E-state index contributed by atoms with van der Waals surface area (Å²) in [5.74, 6) is -0.836. The number of benzene rings is 1. The molecule has 0 aliphatic heterocycles. The van der Waals surface area contributed by atoms with Gasteiger partial charge in [0.2, 0.25) is 5.82 Å². The SMILES string of the molecule is Nc1nccc(C(=O)NCc2ccccc2)c1[N+](=O)[O-]. The molecule has 0 fully saturated rings. The van der Waals surface area contributed by atoms with E-state index in [0.717, 1.165) is 5.56 Å². The number of carbonyl (C=O) groups is 1. The quantitative estimate of drug-likeness (QED) is 0.647. The van der Waals surface area contributed by atoms with Crippen LogP contribution in [-0.4, -0.2) is 15.8 Å². The number of amides is 1. The van der Waals surface area contributed by atoms with Crippen LogP contribution in [0.4, 0.5) is 11.5 Å². The third kappa shape index (κ3) is 2.89. The van der Waals surface area contributed by atoms with Crippen LogP contribution in [0.25, 0.3) is 0 Å². The van der Waals surface area contributed by atoms with Crippen LogP contribution in [0.3, 0.4) is 0 Å². The molecule has 2 aromatic rings. The molecule has 0 aliphatic carbocycles. The fourth-order valence-electron chi connectivity index (χ4n) is 1.72.